The fraction of sp³-hybridized carbons (Fsp3) is 0.650. The Kier molecular flexibility index (Phi) is 3.32. The molecule has 1 aromatic rings. The second kappa shape index (κ2) is 5.11. The maximum atomic E-state index is 11.4. The van der Waals surface area contributed by atoms with Gasteiger partial charge in [0.05, 0.1) is 0 Å². The molecule has 2 saturated carbocycles. The Morgan fingerprint density at radius 3 is 2.82 bits per heavy atom. The zero-order chi connectivity index (χ0) is 15.3. The van der Waals surface area contributed by atoms with Gasteiger partial charge in [-0.05, 0) is 67.4 Å². The van der Waals surface area contributed by atoms with E-state index < -0.39 is 0 Å². The van der Waals surface area contributed by atoms with E-state index in [9.17, 15) is 4.79 Å². The Bertz CT molecular complexity index is 593. The average Bonchev–Trinajstić information content (AvgIpc) is 2.83. The maximum absolute atomic E-state index is 11.4. The van der Waals surface area contributed by atoms with Crippen molar-refractivity contribution >= 4 is 5.97 Å². The summed E-state index contributed by atoms with van der Waals surface area (Å²) >= 11 is 0. The van der Waals surface area contributed by atoms with E-state index in [1.165, 1.54) is 32.1 Å². The molecule has 3 aliphatic rings. The van der Waals surface area contributed by atoms with Crippen LogP contribution in [0, 0.1) is 17.3 Å². The standard InChI is InChI=1S/C20H26O2/c1-13(21)22-19-10-9-18-17-8-7-14-5-3-4-6-15(14)16(17)11-12-20(18,19)2/h3-6,16-19H,7-12H2,1-2H3/t16-,17-,18+,19+,20+/m1/s1. The molecule has 0 N–H and O–H groups in total. The molecule has 0 amide bonds. The minimum atomic E-state index is -0.108. The van der Waals surface area contributed by atoms with Gasteiger partial charge in [-0.15, -0.1) is 0 Å². The van der Waals surface area contributed by atoms with Crippen molar-refractivity contribution in [3.8, 4) is 0 Å². The average molecular weight is 298 g/mol. The second-order valence-corrected chi connectivity index (χ2v) is 7.83. The Balaban J connectivity index is 1.63. The largest absolute Gasteiger partial charge is 0.462 e. The van der Waals surface area contributed by atoms with Crippen LogP contribution in [0.1, 0.15) is 63.0 Å². The van der Waals surface area contributed by atoms with Crippen molar-refractivity contribution in [1.82, 2.24) is 0 Å². The Labute approximate surface area is 133 Å². The zero-order valence-electron chi connectivity index (χ0n) is 13.7. The summed E-state index contributed by atoms with van der Waals surface area (Å²) in [5, 5.41) is 0. The summed E-state index contributed by atoms with van der Waals surface area (Å²) in [6.45, 7) is 3.94. The van der Waals surface area contributed by atoms with Gasteiger partial charge in [0.1, 0.15) is 6.10 Å². The molecule has 0 heterocycles. The van der Waals surface area contributed by atoms with Crippen LogP contribution in [-0.2, 0) is 16.0 Å². The third-order valence-electron chi connectivity index (χ3n) is 6.86. The minimum absolute atomic E-state index is 0.108. The highest BCUT2D eigenvalue weighted by Gasteiger charge is 2.55. The predicted molar refractivity (Wildman–Crippen MR) is 86.6 cm³/mol. The van der Waals surface area contributed by atoms with Crippen LogP contribution in [0.4, 0.5) is 0 Å². The molecule has 2 fully saturated rings. The van der Waals surface area contributed by atoms with Gasteiger partial charge in [-0.1, -0.05) is 31.2 Å². The lowest BCUT2D eigenvalue weighted by Crippen LogP contribution is -2.45. The molecule has 0 spiro atoms. The van der Waals surface area contributed by atoms with Crippen molar-refractivity contribution in [2.24, 2.45) is 17.3 Å². The summed E-state index contributed by atoms with van der Waals surface area (Å²) in [4.78, 5) is 11.4. The van der Waals surface area contributed by atoms with Crippen LogP contribution in [0.15, 0.2) is 24.3 Å². The van der Waals surface area contributed by atoms with E-state index in [1.54, 1.807) is 18.1 Å². The van der Waals surface area contributed by atoms with Gasteiger partial charge in [-0.25, -0.2) is 0 Å². The quantitative estimate of drug-likeness (QED) is 0.715. The monoisotopic (exact) mass is 298 g/mol. The molecule has 0 bridgehead atoms. The van der Waals surface area contributed by atoms with Crippen LogP contribution in [0.5, 0.6) is 0 Å². The first-order valence-electron chi connectivity index (χ1n) is 8.84. The number of benzene rings is 1. The van der Waals surface area contributed by atoms with Crippen molar-refractivity contribution < 1.29 is 9.53 Å². The second-order valence-electron chi connectivity index (χ2n) is 7.83. The first-order chi connectivity index (χ1) is 10.6. The van der Waals surface area contributed by atoms with Crippen molar-refractivity contribution in [3.05, 3.63) is 35.4 Å². The summed E-state index contributed by atoms with van der Waals surface area (Å²) < 4.78 is 5.69. The highest BCUT2D eigenvalue weighted by Crippen LogP contribution is 2.61. The molecule has 3 aliphatic carbocycles. The highest BCUT2D eigenvalue weighted by molar-refractivity contribution is 5.66. The van der Waals surface area contributed by atoms with Crippen molar-refractivity contribution in [2.75, 3.05) is 0 Å². The number of rotatable bonds is 1. The van der Waals surface area contributed by atoms with E-state index in [0.29, 0.717) is 0 Å². The number of hydrogen-bond donors (Lipinski definition) is 0. The van der Waals surface area contributed by atoms with E-state index in [4.69, 9.17) is 4.74 Å². The first kappa shape index (κ1) is 14.3. The Hall–Kier alpha value is -1.31. The molecule has 0 unspecified atom stereocenters. The smallest absolute Gasteiger partial charge is 0.302 e. The van der Waals surface area contributed by atoms with Crippen LogP contribution < -0.4 is 0 Å². The Morgan fingerprint density at radius 2 is 2.00 bits per heavy atom. The molecular formula is C20H26O2. The lowest BCUT2D eigenvalue weighted by atomic mass is 9.55. The molecule has 0 radical (unpaired) electrons. The van der Waals surface area contributed by atoms with Gasteiger partial charge < -0.3 is 4.74 Å². The van der Waals surface area contributed by atoms with E-state index in [0.717, 1.165) is 24.2 Å². The normalized spacial score (nSPS) is 39.5. The van der Waals surface area contributed by atoms with Gasteiger partial charge >= 0.3 is 5.97 Å². The van der Waals surface area contributed by atoms with E-state index >= 15 is 0 Å². The number of hydrogen-bond acceptors (Lipinski definition) is 2. The van der Waals surface area contributed by atoms with Gasteiger partial charge in [-0.3, -0.25) is 4.79 Å². The van der Waals surface area contributed by atoms with Crippen molar-refractivity contribution in [2.45, 2.75) is 64.4 Å². The highest BCUT2D eigenvalue weighted by atomic mass is 16.5. The molecule has 0 aromatic heterocycles. The third kappa shape index (κ3) is 2.03. The zero-order valence-corrected chi connectivity index (χ0v) is 13.7. The van der Waals surface area contributed by atoms with Crippen LogP contribution in [-0.4, -0.2) is 12.1 Å². The first-order valence-corrected chi connectivity index (χ1v) is 8.84. The van der Waals surface area contributed by atoms with Gasteiger partial charge in [0.2, 0.25) is 0 Å². The summed E-state index contributed by atoms with van der Waals surface area (Å²) in [6, 6.07) is 9.05. The summed E-state index contributed by atoms with van der Waals surface area (Å²) in [7, 11) is 0. The van der Waals surface area contributed by atoms with E-state index in [1.807, 2.05) is 0 Å². The predicted octanol–water partition coefficient (Wildman–Crippen LogP) is 4.47. The number of aryl methyl sites for hydroxylation is 1. The molecule has 2 nitrogen and oxygen atoms in total. The lowest BCUT2D eigenvalue weighted by molar-refractivity contribution is -0.154. The third-order valence-corrected chi connectivity index (χ3v) is 6.86. The summed E-state index contributed by atoms with van der Waals surface area (Å²) in [5.74, 6) is 2.14. The molecule has 1 aromatic carbocycles. The van der Waals surface area contributed by atoms with E-state index in [2.05, 4.69) is 31.2 Å². The van der Waals surface area contributed by atoms with Crippen molar-refractivity contribution in [3.63, 3.8) is 0 Å². The molecule has 5 atom stereocenters. The number of fused-ring (bicyclic) bond motifs is 5. The molecule has 22 heavy (non-hydrogen) atoms. The van der Waals surface area contributed by atoms with Gasteiger partial charge in [0.15, 0.2) is 0 Å². The molecule has 118 valence electrons. The van der Waals surface area contributed by atoms with Crippen LogP contribution in [0.2, 0.25) is 0 Å². The summed E-state index contributed by atoms with van der Waals surface area (Å²) in [6.07, 6.45) is 7.44. The van der Waals surface area contributed by atoms with Crippen LogP contribution in [0.25, 0.3) is 0 Å². The molecule has 0 saturated heterocycles. The topological polar surface area (TPSA) is 26.3 Å². The molecule has 4 rings (SSSR count). The van der Waals surface area contributed by atoms with Gasteiger partial charge in [0, 0.05) is 12.3 Å². The number of ether oxygens (including phenoxy) is 1. The molecular weight excluding hydrogens is 272 g/mol. The Morgan fingerprint density at radius 1 is 1.18 bits per heavy atom. The SMILES string of the molecule is CC(=O)O[C@H]1CC[C@H]2[C@@H]3CCc4ccccc4[C@H]3CC[C@]12C. The van der Waals surface area contributed by atoms with Gasteiger partial charge in [-0.2, -0.15) is 0 Å². The lowest BCUT2D eigenvalue weighted by Gasteiger charge is -2.50. The van der Waals surface area contributed by atoms with Crippen LogP contribution in [0.3, 0.4) is 0 Å². The maximum Gasteiger partial charge on any atom is 0.302 e. The van der Waals surface area contributed by atoms with Crippen LogP contribution >= 0.6 is 0 Å². The van der Waals surface area contributed by atoms with Crippen molar-refractivity contribution in [1.29, 1.82) is 0 Å². The van der Waals surface area contributed by atoms with Gasteiger partial charge in [0.25, 0.3) is 0 Å². The van der Waals surface area contributed by atoms with E-state index in [-0.39, 0.29) is 17.5 Å². The summed E-state index contributed by atoms with van der Waals surface area (Å²) in [5.41, 5.74) is 3.39. The molecule has 2 heteroatoms. The number of esters is 1. The molecule has 0 aliphatic heterocycles. The number of carbonyl (C=O) groups is 1. The fourth-order valence-electron chi connectivity index (χ4n) is 5.87. The number of carbonyl (C=O) groups excluding carboxylic acids is 1. The fourth-order valence-corrected chi connectivity index (χ4v) is 5.87. The minimum Gasteiger partial charge on any atom is -0.462 e.